The first kappa shape index (κ1) is 16.1. The molecule has 8 heteroatoms. The predicted molar refractivity (Wildman–Crippen MR) is 76.2 cm³/mol. The van der Waals surface area contributed by atoms with Gasteiger partial charge in [0.1, 0.15) is 0 Å². The van der Waals surface area contributed by atoms with E-state index in [4.69, 9.17) is 0 Å². The molecule has 0 amide bonds. The van der Waals surface area contributed by atoms with Crippen LogP contribution in [0, 0.1) is 16.0 Å². The Bertz CT molecular complexity index is 529. The van der Waals surface area contributed by atoms with Crippen molar-refractivity contribution in [3.8, 4) is 0 Å². The maximum absolute atomic E-state index is 12.6. The number of benzene rings is 1. The van der Waals surface area contributed by atoms with Crippen LogP contribution in [-0.2, 0) is 0 Å². The molecule has 1 aromatic carbocycles. The Morgan fingerprint density at radius 2 is 1.86 bits per heavy atom. The molecule has 0 spiro atoms. The van der Waals surface area contributed by atoms with Crippen LogP contribution in [0.5, 0.6) is 0 Å². The van der Waals surface area contributed by atoms with Gasteiger partial charge in [0.25, 0.3) is 5.69 Å². The minimum absolute atomic E-state index is 0.0512. The van der Waals surface area contributed by atoms with Crippen LogP contribution in [0.2, 0.25) is 0 Å². The van der Waals surface area contributed by atoms with Gasteiger partial charge in [-0.1, -0.05) is 0 Å². The normalized spacial score (nSPS) is 22.9. The molecule has 1 aliphatic carbocycles. The number of non-ortho nitro benzene ring substituents is 1. The zero-order valence-electron chi connectivity index (χ0n) is 11.0. The highest BCUT2D eigenvalue weighted by molar-refractivity contribution is 9.10. The van der Waals surface area contributed by atoms with Crippen LogP contribution in [0.4, 0.5) is 24.5 Å². The lowest BCUT2D eigenvalue weighted by atomic mass is 9.85. The third kappa shape index (κ3) is 4.09. The number of anilines is 1. The van der Waals surface area contributed by atoms with Gasteiger partial charge in [0.2, 0.25) is 0 Å². The average molecular weight is 367 g/mol. The van der Waals surface area contributed by atoms with Crippen molar-refractivity contribution in [3.05, 3.63) is 32.8 Å². The predicted octanol–water partition coefficient (Wildman–Crippen LogP) is 4.89. The summed E-state index contributed by atoms with van der Waals surface area (Å²) < 4.78 is 38.5. The summed E-state index contributed by atoms with van der Waals surface area (Å²) in [6.07, 6.45) is -3.14. The van der Waals surface area contributed by atoms with E-state index in [1.807, 2.05) is 0 Å². The molecule has 0 radical (unpaired) electrons. The van der Waals surface area contributed by atoms with Gasteiger partial charge in [0, 0.05) is 22.6 Å². The van der Waals surface area contributed by atoms with E-state index in [1.165, 1.54) is 12.1 Å². The minimum atomic E-state index is -4.13. The fraction of sp³-hybridized carbons (Fsp3) is 0.538. The zero-order valence-corrected chi connectivity index (χ0v) is 12.6. The molecule has 0 aromatic heterocycles. The summed E-state index contributed by atoms with van der Waals surface area (Å²) in [5.41, 5.74) is 0.490. The molecule has 1 fully saturated rings. The van der Waals surface area contributed by atoms with E-state index in [0.717, 1.165) is 0 Å². The van der Waals surface area contributed by atoms with Gasteiger partial charge in [-0.25, -0.2) is 0 Å². The second-order valence-corrected chi connectivity index (χ2v) is 6.01. The van der Waals surface area contributed by atoms with Gasteiger partial charge in [-0.05, 0) is 47.7 Å². The fourth-order valence-electron chi connectivity index (χ4n) is 2.52. The quantitative estimate of drug-likeness (QED) is 0.611. The molecule has 2 rings (SSSR count). The van der Waals surface area contributed by atoms with Crippen LogP contribution in [0.15, 0.2) is 22.7 Å². The van der Waals surface area contributed by atoms with Crippen LogP contribution >= 0.6 is 15.9 Å². The molecule has 116 valence electrons. The van der Waals surface area contributed by atoms with Crippen molar-refractivity contribution in [2.45, 2.75) is 37.9 Å². The monoisotopic (exact) mass is 366 g/mol. The van der Waals surface area contributed by atoms with Crippen molar-refractivity contribution in [2.24, 2.45) is 5.92 Å². The van der Waals surface area contributed by atoms with Gasteiger partial charge in [0.05, 0.1) is 16.5 Å². The summed E-state index contributed by atoms with van der Waals surface area (Å²) in [6, 6.07) is 4.22. The molecule has 21 heavy (non-hydrogen) atoms. The highest BCUT2D eigenvalue weighted by atomic mass is 79.9. The molecule has 0 atom stereocenters. The number of hydrogen-bond donors (Lipinski definition) is 1. The SMILES string of the molecule is O=[N+]([O-])c1ccc(Br)c(NC2CCC(C(F)(F)F)CC2)c1. The van der Waals surface area contributed by atoms with E-state index >= 15 is 0 Å². The summed E-state index contributed by atoms with van der Waals surface area (Å²) in [7, 11) is 0. The Kier molecular flexibility index (Phi) is 4.75. The molecule has 0 aliphatic heterocycles. The van der Waals surface area contributed by atoms with Crippen LogP contribution in [-0.4, -0.2) is 17.1 Å². The molecule has 1 aromatic rings. The Labute approximate surface area is 128 Å². The van der Waals surface area contributed by atoms with E-state index in [9.17, 15) is 23.3 Å². The third-order valence-electron chi connectivity index (χ3n) is 3.71. The number of halogens is 4. The summed E-state index contributed by atoms with van der Waals surface area (Å²) in [5.74, 6) is -1.23. The van der Waals surface area contributed by atoms with Gasteiger partial charge in [0.15, 0.2) is 0 Å². The van der Waals surface area contributed by atoms with Crippen molar-refractivity contribution in [1.82, 2.24) is 0 Å². The Balaban J connectivity index is 2.01. The van der Waals surface area contributed by atoms with Crippen molar-refractivity contribution in [2.75, 3.05) is 5.32 Å². The molecule has 0 bridgehead atoms. The lowest BCUT2D eigenvalue weighted by Crippen LogP contribution is -2.32. The summed E-state index contributed by atoms with van der Waals surface area (Å²) in [5, 5.41) is 13.8. The summed E-state index contributed by atoms with van der Waals surface area (Å²) >= 11 is 3.28. The number of hydrogen-bond acceptors (Lipinski definition) is 3. The van der Waals surface area contributed by atoms with E-state index in [0.29, 0.717) is 23.0 Å². The van der Waals surface area contributed by atoms with Gasteiger partial charge in [-0.2, -0.15) is 13.2 Å². The van der Waals surface area contributed by atoms with Crippen LogP contribution in [0.1, 0.15) is 25.7 Å². The maximum Gasteiger partial charge on any atom is 0.391 e. The molecule has 0 saturated heterocycles. The first-order chi connectivity index (χ1) is 9.77. The zero-order chi connectivity index (χ0) is 15.6. The first-order valence-electron chi connectivity index (χ1n) is 6.54. The summed E-state index contributed by atoms with van der Waals surface area (Å²) in [4.78, 5) is 10.2. The van der Waals surface area contributed by atoms with Gasteiger partial charge >= 0.3 is 6.18 Å². The topological polar surface area (TPSA) is 55.2 Å². The van der Waals surface area contributed by atoms with Crippen molar-refractivity contribution in [1.29, 1.82) is 0 Å². The average Bonchev–Trinajstić information content (AvgIpc) is 2.40. The molecule has 1 N–H and O–H groups in total. The van der Waals surface area contributed by atoms with Crippen LogP contribution < -0.4 is 5.32 Å². The fourth-order valence-corrected chi connectivity index (χ4v) is 2.88. The molecule has 4 nitrogen and oxygen atoms in total. The largest absolute Gasteiger partial charge is 0.391 e. The number of nitro groups is 1. The number of nitro benzene ring substituents is 1. The standard InChI is InChI=1S/C13H14BrF3N2O2/c14-11-6-5-10(19(20)21)7-12(11)18-9-3-1-8(2-4-9)13(15,16)17/h5-9,18H,1-4H2. The maximum atomic E-state index is 12.6. The molecular weight excluding hydrogens is 353 g/mol. The molecule has 1 saturated carbocycles. The van der Waals surface area contributed by atoms with Crippen LogP contribution in [0.25, 0.3) is 0 Å². The number of nitrogens with zero attached hydrogens (tertiary/aromatic N) is 1. The van der Waals surface area contributed by atoms with Crippen LogP contribution in [0.3, 0.4) is 0 Å². The Morgan fingerprint density at radius 3 is 2.38 bits per heavy atom. The highest BCUT2D eigenvalue weighted by Crippen LogP contribution is 2.39. The minimum Gasteiger partial charge on any atom is -0.381 e. The number of alkyl halides is 3. The lowest BCUT2D eigenvalue weighted by Gasteiger charge is -2.31. The second-order valence-electron chi connectivity index (χ2n) is 5.16. The van der Waals surface area contributed by atoms with Gasteiger partial charge in [-0.15, -0.1) is 0 Å². The number of rotatable bonds is 3. The van der Waals surface area contributed by atoms with E-state index < -0.39 is 17.0 Å². The number of nitrogens with one attached hydrogen (secondary N) is 1. The third-order valence-corrected chi connectivity index (χ3v) is 4.40. The smallest absolute Gasteiger partial charge is 0.381 e. The molecule has 0 unspecified atom stereocenters. The van der Waals surface area contributed by atoms with Gasteiger partial charge in [-0.3, -0.25) is 10.1 Å². The molecular formula is C13H14BrF3N2O2. The van der Waals surface area contributed by atoms with Gasteiger partial charge < -0.3 is 5.32 Å². The highest BCUT2D eigenvalue weighted by Gasteiger charge is 2.41. The molecule has 1 aliphatic rings. The van der Waals surface area contributed by atoms with E-state index in [1.54, 1.807) is 6.07 Å². The Hall–Kier alpha value is -1.31. The Morgan fingerprint density at radius 1 is 1.24 bits per heavy atom. The first-order valence-corrected chi connectivity index (χ1v) is 7.34. The summed E-state index contributed by atoms with van der Waals surface area (Å²) in [6.45, 7) is 0. The lowest BCUT2D eigenvalue weighted by molar-refractivity contribution is -0.384. The van der Waals surface area contributed by atoms with Crippen molar-refractivity contribution >= 4 is 27.3 Å². The second kappa shape index (κ2) is 6.21. The van der Waals surface area contributed by atoms with Crippen molar-refractivity contribution < 1.29 is 18.1 Å². The van der Waals surface area contributed by atoms with Crippen molar-refractivity contribution in [3.63, 3.8) is 0 Å². The molecule has 0 heterocycles. The van der Waals surface area contributed by atoms with E-state index in [-0.39, 0.29) is 24.6 Å². The van der Waals surface area contributed by atoms with E-state index in [2.05, 4.69) is 21.2 Å².